The third kappa shape index (κ3) is 3.18. The van der Waals surface area contributed by atoms with Crippen molar-refractivity contribution in [2.45, 2.75) is 6.42 Å². The van der Waals surface area contributed by atoms with Crippen molar-refractivity contribution in [3.8, 4) is 45.3 Å². The lowest BCUT2D eigenvalue weighted by Gasteiger charge is -2.11. The van der Waals surface area contributed by atoms with E-state index in [0.29, 0.717) is 5.75 Å². The van der Waals surface area contributed by atoms with Crippen LogP contribution in [0.25, 0.3) is 22.3 Å². The highest BCUT2D eigenvalue weighted by molar-refractivity contribution is 6.03. The van der Waals surface area contributed by atoms with Crippen LogP contribution in [0, 0.1) is 0 Å². The molecule has 0 amide bonds. The van der Waals surface area contributed by atoms with Gasteiger partial charge in [-0.1, -0.05) is 60.7 Å². The minimum Gasteiger partial charge on any atom is -0.508 e. The Kier molecular flexibility index (Phi) is 4.25. The molecule has 1 aliphatic rings. The predicted octanol–water partition coefficient (Wildman–Crippen LogP) is 5.96. The molecule has 4 nitrogen and oxygen atoms in total. The van der Waals surface area contributed by atoms with E-state index in [-0.39, 0.29) is 35.0 Å². The van der Waals surface area contributed by atoms with Crippen molar-refractivity contribution >= 4 is 5.78 Å². The molecule has 5 rings (SSSR count). The number of phenols is 2. The standard InChI is InChI=1S/C26H18O4/c27-21-14-23(29)26-22(28)13-20-12-19(10-11-24(20)30-25(26)15-21)18-8-6-17(7-9-18)16-4-2-1-3-5-16/h1-12,14-15,27,29H,13H2. The van der Waals surface area contributed by atoms with Crippen LogP contribution in [0.4, 0.5) is 0 Å². The lowest BCUT2D eigenvalue weighted by molar-refractivity contribution is 0.0991. The van der Waals surface area contributed by atoms with E-state index in [4.69, 9.17) is 4.74 Å². The molecule has 0 unspecified atom stereocenters. The number of rotatable bonds is 2. The second-order valence-electron chi connectivity index (χ2n) is 7.31. The van der Waals surface area contributed by atoms with Gasteiger partial charge in [0.25, 0.3) is 0 Å². The van der Waals surface area contributed by atoms with Gasteiger partial charge in [-0.3, -0.25) is 4.79 Å². The number of carbonyl (C=O) groups excluding carboxylic acids is 1. The Morgan fingerprint density at radius 1 is 0.667 bits per heavy atom. The van der Waals surface area contributed by atoms with Gasteiger partial charge >= 0.3 is 0 Å². The van der Waals surface area contributed by atoms with Gasteiger partial charge in [-0.25, -0.2) is 0 Å². The molecule has 0 aromatic heterocycles. The summed E-state index contributed by atoms with van der Waals surface area (Å²) < 4.78 is 5.86. The van der Waals surface area contributed by atoms with Crippen LogP contribution in [-0.2, 0) is 6.42 Å². The van der Waals surface area contributed by atoms with Crippen molar-refractivity contribution in [2.24, 2.45) is 0 Å². The van der Waals surface area contributed by atoms with Gasteiger partial charge in [0.2, 0.25) is 0 Å². The van der Waals surface area contributed by atoms with Crippen LogP contribution in [0.3, 0.4) is 0 Å². The number of hydrogen-bond donors (Lipinski definition) is 2. The second-order valence-corrected chi connectivity index (χ2v) is 7.31. The summed E-state index contributed by atoms with van der Waals surface area (Å²) >= 11 is 0. The zero-order valence-electron chi connectivity index (χ0n) is 16.0. The van der Waals surface area contributed by atoms with Crippen molar-refractivity contribution in [2.75, 3.05) is 0 Å². The monoisotopic (exact) mass is 394 g/mol. The first-order valence-electron chi connectivity index (χ1n) is 9.64. The number of fused-ring (bicyclic) bond motifs is 2. The van der Waals surface area contributed by atoms with Gasteiger partial charge in [0, 0.05) is 24.1 Å². The highest BCUT2D eigenvalue weighted by Crippen LogP contribution is 2.41. The Morgan fingerprint density at radius 2 is 1.30 bits per heavy atom. The lowest BCUT2D eigenvalue weighted by atomic mass is 9.96. The molecular formula is C26H18O4. The van der Waals surface area contributed by atoms with E-state index in [1.807, 2.05) is 36.4 Å². The van der Waals surface area contributed by atoms with Crippen molar-refractivity contribution < 1.29 is 19.7 Å². The lowest BCUT2D eigenvalue weighted by Crippen LogP contribution is -2.02. The number of phenolic OH excluding ortho intramolecular Hbond substituents is 2. The van der Waals surface area contributed by atoms with E-state index in [2.05, 4.69) is 36.4 Å². The van der Waals surface area contributed by atoms with Gasteiger partial charge in [-0.2, -0.15) is 0 Å². The second kappa shape index (κ2) is 7.08. The molecule has 0 aliphatic carbocycles. The fraction of sp³-hybridized carbons (Fsp3) is 0.0385. The molecule has 0 radical (unpaired) electrons. The highest BCUT2D eigenvalue weighted by Gasteiger charge is 2.25. The number of hydrogen-bond acceptors (Lipinski definition) is 4. The SMILES string of the molecule is O=C1Cc2cc(-c3ccc(-c4ccccc4)cc3)ccc2Oc2cc(O)cc(O)c21. The van der Waals surface area contributed by atoms with Gasteiger partial charge < -0.3 is 14.9 Å². The summed E-state index contributed by atoms with van der Waals surface area (Å²) in [5.74, 6) is 0.0166. The molecule has 30 heavy (non-hydrogen) atoms. The minimum atomic E-state index is -0.278. The van der Waals surface area contributed by atoms with Crippen LogP contribution in [-0.4, -0.2) is 16.0 Å². The largest absolute Gasteiger partial charge is 0.508 e. The zero-order chi connectivity index (χ0) is 20.7. The number of aromatic hydroxyl groups is 2. The van der Waals surface area contributed by atoms with E-state index in [1.54, 1.807) is 0 Å². The van der Waals surface area contributed by atoms with Gasteiger partial charge in [0.05, 0.1) is 0 Å². The number of ketones is 1. The molecule has 146 valence electrons. The third-order valence-electron chi connectivity index (χ3n) is 5.30. The molecule has 4 heteroatoms. The maximum absolute atomic E-state index is 12.7. The molecule has 0 atom stereocenters. The van der Waals surface area contributed by atoms with E-state index in [9.17, 15) is 15.0 Å². The molecule has 2 N–H and O–H groups in total. The molecule has 0 saturated carbocycles. The Balaban J connectivity index is 1.50. The number of Topliss-reactive ketones (excluding diaryl/α,β-unsaturated/α-hetero) is 1. The molecule has 0 spiro atoms. The van der Waals surface area contributed by atoms with Crippen LogP contribution in [0.1, 0.15) is 15.9 Å². The molecular weight excluding hydrogens is 376 g/mol. The fourth-order valence-corrected chi connectivity index (χ4v) is 3.81. The molecule has 0 saturated heterocycles. The summed E-state index contributed by atoms with van der Waals surface area (Å²) in [5, 5.41) is 19.8. The minimum absolute atomic E-state index is 0.0952. The summed E-state index contributed by atoms with van der Waals surface area (Å²) in [6.07, 6.45) is 0.108. The first-order valence-corrected chi connectivity index (χ1v) is 9.64. The van der Waals surface area contributed by atoms with E-state index in [0.717, 1.165) is 33.9 Å². The van der Waals surface area contributed by atoms with E-state index >= 15 is 0 Å². The Morgan fingerprint density at radius 3 is 2.03 bits per heavy atom. The maximum atomic E-state index is 12.7. The number of carbonyl (C=O) groups is 1. The van der Waals surface area contributed by atoms with Gasteiger partial charge in [-0.15, -0.1) is 0 Å². The van der Waals surface area contributed by atoms with Crippen LogP contribution in [0.5, 0.6) is 23.0 Å². The fourth-order valence-electron chi connectivity index (χ4n) is 3.81. The average molecular weight is 394 g/mol. The summed E-state index contributed by atoms with van der Waals surface area (Å²) in [4.78, 5) is 12.7. The molecule has 0 bridgehead atoms. The first-order chi connectivity index (χ1) is 14.6. The third-order valence-corrected chi connectivity index (χ3v) is 5.30. The predicted molar refractivity (Wildman–Crippen MR) is 115 cm³/mol. The smallest absolute Gasteiger partial charge is 0.174 e. The van der Waals surface area contributed by atoms with Gasteiger partial charge in [0.1, 0.15) is 28.6 Å². The Labute approximate surface area is 173 Å². The van der Waals surface area contributed by atoms with E-state index in [1.165, 1.54) is 6.07 Å². The molecule has 4 aromatic rings. The summed E-state index contributed by atoms with van der Waals surface area (Å²) in [7, 11) is 0. The van der Waals surface area contributed by atoms with Crippen molar-refractivity contribution in [1.82, 2.24) is 0 Å². The average Bonchev–Trinajstić information content (AvgIpc) is 2.89. The summed E-state index contributed by atoms with van der Waals surface area (Å²) in [6, 6.07) is 26.6. The van der Waals surface area contributed by atoms with E-state index < -0.39 is 0 Å². The highest BCUT2D eigenvalue weighted by atomic mass is 16.5. The molecule has 1 aliphatic heterocycles. The van der Waals surface area contributed by atoms with Gasteiger partial charge in [-0.05, 0) is 34.4 Å². The van der Waals surface area contributed by atoms with Crippen LogP contribution in [0.15, 0.2) is 84.9 Å². The Bertz CT molecular complexity index is 1260. The number of ether oxygens (including phenoxy) is 1. The number of benzene rings is 4. The topological polar surface area (TPSA) is 66.8 Å². The van der Waals surface area contributed by atoms with Crippen LogP contribution in [0.2, 0.25) is 0 Å². The molecule has 4 aromatic carbocycles. The van der Waals surface area contributed by atoms with Gasteiger partial charge in [0.15, 0.2) is 5.78 Å². The van der Waals surface area contributed by atoms with Crippen molar-refractivity contribution in [1.29, 1.82) is 0 Å². The normalized spacial score (nSPS) is 12.5. The maximum Gasteiger partial charge on any atom is 0.174 e. The van der Waals surface area contributed by atoms with Crippen LogP contribution < -0.4 is 4.74 Å². The summed E-state index contributed by atoms with van der Waals surface area (Å²) in [6.45, 7) is 0. The summed E-state index contributed by atoms with van der Waals surface area (Å²) in [5.41, 5.74) is 5.14. The quantitative estimate of drug-likeness (QED) is 0.440. The Hall–Kier alpha value is -4.05. The first kappa shape index (κ1) is 18.0. The van der Waals surface area contributed by atoms with Crippen LogP contribution >= 0.6 is 0 Å². The zero-order valence-corrected chi connectivity index (χ0v) is 16.0. The molecule has 0 fully saturated rings. The molecule has 1 heterocycles. The van der Waals surface area contributed by atoms with Crippen molar-refractivity contribution in [3.63, 3.8) is 0 Å². The van der Waals surface area contributed by atoms with Crippen molar-refractivity contribution in [3.05, 3.63) is 96.1 Å².